The van der Waals surface area contributed by atoms with Crippen molar-refractivity contribution >= 4 is 57.8 Å². The van der Waals surface area contributed by atoms with Gasteiger partial charge in [-0.25, -0.2) is 14.2 Å². The van der Waals surface area contributed by atoms with Crippen molar-refractivity contribution in [3.63, 3.8) is 0 Å². The van der Waals surface area contributed by atoms with Crippen molar-refractivity contribution in [3.05, 3.63) is 63.4 Å². The summed E-state index contributed by atoms with van der Waals surface area (Å²) >= 11 is 8.30. The quantitative estimate of drug-likeness (QED) is 0.234. The average molecular weight is 709 g/mol. The number of benzene rings is 1. The average Bonchev–Trinajstić information content (AvgIpc) is 3.02. The zero-order valence-electron chi connectivity index (χ0n) is 28.5. The van der Waals surface area contributed by atoms with Crippen LogP contribution in [-0.4, -0.2) is 80.6 Å². The minimum atomic E-state index is -0.847. The maximum atomic E-state index is 15.3. The lowest BCUT2D eigenvalue weighted by Gasteiger charge is -2.49. The predicted molar refractivity (Wildman–Crippen MR) is 190 cm³/mol. The molecule has 258 valence electrons. The highest BCUT2D eigenvalue weighted by Crippen LogP contribution is 2.45. The number of likely N-dealkylation sites (N-methyl/N-ethyl adjacent to an activating group) is 1. The number of hydrogen-bond acceptors (Lipinski definition) is 9. The minimum absolute atomic E-state index is 0.0162. The van der Waals surface area contributed by atoms with Gasteiger partial charge in [0.15, 0.2) is 5.65 Å². The first-order chi connectivity index (χ1) is 23.0. The SMILES string of the molecule is CSc1ccnc(C(C)C)c1-n1c(=O)c2c(c3cc(Cl)c(-c4c(O)cccc4F)nc31)N1C[C@@H](C)N(C(=O)OC(C)(C)C)C[C@@H]1C(=O)N2C. The Labute approximate surface area is 292 Å². The highest BCUT2D eigenvalue weighted by Gasteiger charge is 2.47. The Balaban J connectivity index is 1.70. The fraction of sp³-hybridized carbons (Fsp3) is 0.400. The number of halogens is 2. The van der Waals surface area contributed by atoms with Crippen LogP contribution in [-0.2, 0) is 9.53 Å². The van der Waals surface area contributed by atoms with Crippen LogP contribution < -0.4 is 15.4 Å². The monoisotopic (exact) mass is 708 g/mol. The van der Waals surface area contributed by atoms with E-state index in [1.165, 1.54) is 51.4 Å². The molecule has 0 radical (unpaired) electrons. The first-order valence-corrected chi connectivity index (χ1v) is 17.5. The third kappa shape index (κ3) is 5.76. The Bertz CT molecular complexity index is 2060. The molecule has 2 amide bonds. The smallest absolute Gasteiger partial charge is 0.410 e. The van der Waals surface area contributed by atoms with Crippen LogP contribution in [0.15, 0.2) is 46.2 Å². The summed E-state index contributed by atoms with van der Waals surface area (Å²) in [5, 5.41) is 11.2. The van der Waals surface area contributed by atoms with E-state index in [0.717, 1.165) is 4.90 Å². The fourth-order valence-corrected chi connectivity index (χ4v) is 7.42. The zero-order valence-corrected chi connectivity index (χ0v) is 30.1. The van der Waals surface area contributed by atoms with Gasteiger partial charge in [-0.1, -0.05) is 31.5 Å². The van der Waals surface area contributed by atoms with Gasteiger partial charge < -0.3 is 24.5 Å². The number of carbonyl (C=O) groups is 2. The van der Waals surface area contributed by atoms with Gasteiger partial charge in [0.1, 0.15) is 28.9 Å². The number of amides is 2. The number of thioether (sulfide) groups is 1. The van der Waals surface area contributed by atoms with E-state index >= 15 is 9.18 Å². The van der Waals surface area contributed by atoms with Crippen LogP contribution in [0.25, 0.3) is 28.0 Å². The summed E-state index contributed by atoms with van der Waals surface area (Å²) < 4.78 is 22.4. The van der Waals surface area contributed by atoms with Crippen LogP contribution >= 0.6 is 23.4 Å². The van der Waals surface area contributed by atoms with Gasteiger partial charge in [0, 0.05) is 36.1 Å². The molecule has 4 aromatic rings. The van der Waals surface area contributed by atoms with Crippen molar-refractivity contribution in [1.29, 1.82) is 0 Å². The molecule has 6 rings (SSSR count). The molecule has 2 aliphatic heterocycles. The summed E-state index contributed by atoms with van der Waals surface area (Å²) in [4.78, 5) is 57.3. The van der Waals surface area contributed by atoms with Gasteiger partial charge in [0.25, 0.3) is 11.5 Å². The number of nitrogens with zero attached hydrogens (tertiary/aromatic N) is 6. The minimum Gasteiger partial charge on any atom is -0.507 e. The number of carbonyl (C=O) groups excluding carboxylic acids is 2. The maximum Gasteiger partial charge on any atom is 0.410 e. The van der Waals surface area contributed by atoms with E-state index in [9.17, 15) is 14.7 Å². The van der Waals surface area contributed by atoms with Gasteiger partial charge in [-0.05, 0) is 64.1 Å². The molecule has 1 N–H and O–H groups in total. The second-order valence-electron chi connectivity index (χ2n) is 13.6. The lowest BCUT2D eigenvalue weighted by atomic mass is 9.98. The van der Waals surface area contributed by atoms with Gasteiger partial charge in [-0.3, -0.25) is 19.1 Å². The number of anilines is 2. The molecule has 2 atom stereocenters. The topological polar surface area (TPSA) is 121 Å². The molecule has 0 spiro atoms. The van der Waals surface area contributed by atoms with E-state index in [1.54, 1.807) is 39.1 Å². The summed E-state index contributed by atoms with van der Waals surface area (Å²) in [7, 11) is 1.54. The molecule has 0 unspecified atom stereocenters. The molecule has 11 nitrogen and oxygen atoms in total. The van der Waals surface area contributed by atoms with Crippen molar-refractivity contribution < 1.29 is 23.8 Å². The van der Waals surface area contributed by atoms with E-state index < -0.39 is 35.2 Å². The molecule has 1 aromatic carbocycles. The Morgan fingerprint density at radius 3 is 2.49 bits per heavy atom. The second kappa shape index (κ2) is 12.5. The Morgan fingerprint density at radius 1 is 1.14 bits per heavy atom. The summed E-state index contributed by atoms with van der Waals surface area (Å²) in [5.41, 5.74) is 0.211. The summed E-state index contributed by atoms with van der Waals surface area (Å²) in [6.07, 6.45) is 3.02. The van der Waals surface area contributed by atoms with Crippen LogP contribution in [0.4, 0.5) is 20.6 Å². The fourth-order valence-electron chi connectivity index (χ4n) is 6.58. The van der Waals surface area contributed by atoms with E-state index in [4.69, 9.17) is 21.3 Å². The number of ether oxygens (including phenoxy) is 1. The molecule has 5 heterocycles. The molecule has 2 aliphatic rings. The van der Waals surface area contributed by atoms with Crippen LogP contribution in [0.5, 0.6) is 5.75 Å². The number of pyridine rings is 3. The second-order valence-corrected chi connectivity index (χ2v) is 14.9. The standard InChI is InChI=1S/C35H38ClFN6O5S/c1-17(2)26-29(24(49-8)12-13-38-26)43-31-19(14-20(36)27(39-31)25-21(37)10-9-11-23(25)44)28-30(33(43)46)40(7)32(45)22-16-41(18(3)15-42(22)28)34(47)48-35(4,5)6/h9-14,17-18,22,44H,15-16H2,1-8H3/t18-,22-/m1/s1. The van der Waals surface area contributed by atoms with E-state index in [1.807, 2.05) is 31.9 Å². The number of aromatic hydroxyl groups is 1. The molecule has 0 bridgehead atoms. The van der Waals surface area contributed by atoms with Crippen molar-refractivity contribution in [3.8, 4) is 22.7 Å². The van der Waals surface area contributed by atoms with Crippen LogP contribution in [0.3, 0.4) is 0 Å². The Hall–Kier alpha value is -4.36. The molecule has 49 heavy (non-hydrogen) atoms. The van der Waals surface area contributed by atoms with Crippen LogP contribution in [0, 0.1) is 5.82 Å². The first-order valence-electron chi connectivity index (χ1n) is 15.9. The normalized spacial score (nSPS) is 17.9. The molecular formula is C35H38ClFN6O5S. The zero-order chi connectivity index (χ0) is 35.7. The number of hydrogen-bond donors (Lipinski definition) is 1. The maximum absolute atomic E-state index is 15.3. The van der Waals surface area contributed by atoms with Gasteiger partial charge in [-0.2, -0.15) is 0 Å². The third-order valence-corrected chi connectivity index (χ3v) is 9.85. The molecule has 0 aliphatic carbocycles. The first kappa shape index (κ1) is 34.5. The molecule has 14 heteroatoms. The van der Waals surface area contributed by atoms with Crippen molar-refractivity contribution in [2.24, 2.45) is 0 Å². The van der Waals surface area contributed by atoms with E-state index in [-0.39, 0.29) is 58.3 Å². The summed E-state index contributed by atoms with van der Waals surface area (Å²) in [5.74, 6) is -1.60. The third-order valence-electron chi connectivity index (χ3n) is 8.79. The van der Waals surface area contributed by atoms with Crippen molar-refractivity contribution in [1.82, 2.24) is 19.4 Å². The highest BCUT2D eigenvalue weighted by atomic mass is 35.5. The molecular weight excluding hydrogens is 671 g/mol. The Kier molecular flexibility index (Phi) is 8.81. The van der Waals surface area contributed by atoms with Crippen molar-refractivity contribution in [2.45, 2.75) is 70.0 Å². The number of fused-ring (bicyclic) bond motifs is 5. The number of aromatic nitrogens is 3. The van der Waals surface area contributed by atoms with Gasteiger partial charge in [0.2, 0.25) is 0 Å². The van der Waals surface area contributed by atoms with Crippen molar-refractivity contribution in [2.75, 3.05) is 36.2 Å². The molecule has 0 saturated carbocycles. The largest absolute Gasteiger partial charge is 0.507 e. The van der Waals surface area contributed by atoms with E-state index in [2.05, 4.69) is 4.98 Å². The molecule has 3 aromatic heterocycles. The van der Waals surface area contributed by atoms with Crippen LogP contribution in [0.2, 0.25) is 5.02 Å². The number of phenolic OH excluding ortho intramolecular Hbond substituents is 1. The summed E-state index contributed by atoms with van der Waals surface area (Å²) in [6.45, 7) is 11.3. The van der Waals surface area contributed by atoms with Crippen LogP contribution in [0.1, 0.15) is 53.2 Å². The number of piperazine rings is 1. The van der Waals surface area contributed by atoms with Gasteiger partial charge in [0.05, 0.1) is 39.9 Å². The van der Waals surface area contributed by atoms with E-state index in [0.29, 0.717) is 22.5 Å². The van der Waals surface area contributed by atoms with Gasteiger partial charge in [-0.15, -0.1) is 11.8 Å². The van der Waals surface area contributed by atoms with Gasteiger partial charge >= 0.3 is 6.09 Å². The Morgan fingerprint density at radius 2 is 1.86 bits per heavy atom. The lowest BCUT2D eigenvalue weighted by Crippen LogP contribution is -2.66. The molecule has 1 saturated heterocycles. The lowest BCUT2D eigenvalue weighted by molar-refractivity contribution is -0.121. The highest BCUT2D eigenvalue weighted by molar-refractivity contribution is 7.98. The molecule has 1 fully saturated rings. The summed E-state index contributed by atoms with van der Waals surface area (Å²) in [6, 6.07) is 6.04. The predicted octanol–water partition coefficient (Wildman–Crippen LogP) is 6.58. The number of phenols is 1. The number of rotatable bonds is 4.